The highest BCUT2D eigenvalue weighted by Gasteiger charge is 2.33. The maximum atomic E-state index is 14.3. The number of allylic oxidation sites excluding steroid dienone is 1. The Hall–Kier alpha value is -3.71. The Balaban J connectivity index is 1.47. The smallest absolute Gasteiger partial charge is 0.271 e. The summed E-state index contributed by atoms with van der Waals surface area (Å²) in [5, 5.41) is 3.63. The SMILES string of the molecule is COc1cccc([C@H]2C(C(=O)Nc3ccccc3)=C(C)N=c3s/c(=C\c4cc(Br)cc(I)c4OCc4ccc(Cl)cc4)c(=O)n32)c1. The van der Waals surface area contributed by atoms with Gasteiger partial charge in [-0.05, 0) is 95.2 Å². The minimum Gasteiger partial charge on any atom is -0.497 e. The van der Waals surface area contributed by atoms with Gasteiger partial charge < -0.3 is 14.8 Å². The fourth-order valence-corrected chi connectivity index (χ4v) is 8.05. The van der Waals surface area contributed by atoms with Crippen LogP contribution < -0.4 is 29.7 Å². The van der Waals surface area contributed by atoms with Crippen molar-refractivity contribution in [3.63, 3.8) is 0 Å². The molecule has 1 N–H and O–H groups in total. The average molecular weight is 827 g/mol. The zero-order valence-electron chi connectivity index (χ0n) is 24.6. The molecule has 0 saturated heterocycles. The summed E-state index contributed by atoms with van der Waals surface area (Å²) in [5.74, 6) is 0.922. The quantitative estimate of drug-likeness (QED) is 0.165. The first-order valence-corrected chi connectivity index (χ1v) is 17.2. The zero-order valence-corrected chi connectivity index (χ0v) is 29.9. The van der Waals surface area contributed by atoms with E-state index in [-0.39, 0.29) is 11.5 Å². The first-order chi connectivity index (χ1) is 22.2. The molecule has 0 unspecified atom stereocenters. The number of anilines is 1. The molecule has 4 aromatic carbocycles. The minimum atomic E-state index is -0.736. The van der Waals surface area contributed by atoms with Crippen LogP contribution in [-0.4, -0.2) is 17.6 Å². The molecule has 1 aliphatic rings. The molecule has 0 bridgehead atoms. The molecule has 11 heteroatoms. The van der Waals surface area contributed by atoms with Crippen molar-refractivity contribution in [3.05, 3.63) is 152 Å². The Labute approximate surface area is 296 Å². The Kier molecular flexibility index (Phi) is 9.78. The molecule has 232 valence electrons. The summed E-state index contributed by atoms with van der Waals surface area (Å²) in [6.45, 7) is 2.12. The van der Waals surface area contributed by atoms with Gasteiger partial charge >= 0.3 is 0 Å². The van der Waals surface area contributed by atoms with E-state index in [1.807, 2.05) is 97.1 Å². The van der Waals surface area contributed by atoms with Gasteiger partial charge in [0.05, 0.1) is 32.5 Å². The number of ether oxygens (including phenoxy) is 2. The highest BCUT2D eigenvalue weighted by molar-refractivity contribution is 14.1. The number of nitrogens with one attached hydrogen (secondary N) is 1. The third kappa shape index (κ3) is 6.85. The number of rotatable bonds is 8. The molecular formula is C35H26BrClIN3O4S. The van der Waals surface area contributed by atoms with Crippen molar-refractivity contribution in [1.29, 1.82) is 0 Å². The Bertz CT molecular complexity index is 2170. The first kappa shape index (κ1) is 32.2. The first-order valence-electron chi connectivity index (χ1n) is 14.1. The van der Waals surface area contributed by atoms with Crippen molar-refractivity contribution in [2.75, 3.05) is 12.4 Å². The van der Waals surface area contributed by atoms with Crippen molar-refractivity contribution in [2.45, 2.75) is 19.6 Å². The van der Waals surface area contributed by atoms with Crippen LogP contribution in [0.2, 0.25) is 5.02 Å². The molecule has 1 aromatic heterocycles. The molecule has 7 nitrogen and oxygen atoms in total. The molecule has 1 atom stereocenters. The van der Waals surface area contributed by atoms with E-state index < -0.39 is 6.04 Å². The lowest BCUT2D eigenvalue weighted by molar-refractivity contribution is -0.113. The molecular weight excluding hydrogens is 801 g/mol. The number of hydrogen-bond donors (Lipinski definition) is 1. The summed E-state index contributed by atoms with van der Waals surface area (Å²) in [7, 11) is 1.58. The van der Waals surface area contributed by atoms with Crippen LogP contribution in [0.15, 0.2) is 117 Å². The number of benzene rings is 4. The largest absolute Gasteiger partial charge is 0.497 e. The van der Waals surface area contributed by atoms with Crippen molar-refractivity contribution < 1.29 is 14.3 Å². The number of thiazole rings is 1. The van der Waals surface area contributed by atoms with E-state index >= 15 is 0 Å². The van der Waals surface area contributed by atoms with E-state index in [0.29, 0.717) is 49.4 Å². The molecule has 2 heterocycles. The normalized spacial score (nSPS) is 14.5. The molecule has 1 aliphatic heterocycles. The number of amides is 1. The van der Waals surface area contributed by atoms with E-state index in [1.165, 1.54) is 11.3 Å². The van der Waals surface area contributed by atoms with Crippen LogP contribution in [0.1, 0.15) is 29.7 Å². The molecule has 0 radical (unpaired) electrons. The molecule has 5 aromatic rings. The van der Waals surface area contributed by atoms with E-state index in [9.17, 15) is 9.59 Å². The lowest BCUT2D eigenvalue weighted by atomic mass is 9.95. The summed E-state index contributed by atoms with van der Waals surface area (Å²) in [5.41, 5.74) is 3.69. The fraction of sp³-hybridized carbons (Fsp3) is 0.114. The number of para-hydroxylation sites is 1. The van der Waals surface area contributed by atoms with Crippen molar-refractivity contribution in [3.8, 4) is 11.5 Å². The number of nitrogens with zero attached hydrogens (tertiary/aromatic N) is 2. The number of fused-ring (bicyclic) bond motifs is 1. The summed E-state index contributed by atoms with van der Waals surface area (Å²) in [6.07, 6.45) is 1.82. The zero-order chi connectivity index (χ0) is 32.4. The van der Waals surface area contributed by atoms with Crippen molar-refractivity contribution in [2.24, 2.45) is 4.99 Å². The maximum absolute atomic E-state index is 14.3. The molecule has 0 spiro atoms. The lowest BCUT2D eigenvalue weighted by Crippen LogP contribution is -2.40. The summed E-state index contributed by atoms with van der Waals surface area (Å²) < 4.78 is 15.6. The summed E-state index contributed by atoms with van der Waals surface area (Å²) in [6, 6.07) is 27.2. The predicted octanol–water partition coefficient (Wildman–Crippen LogP) is 7.48. The second-order valence-electron chi connectivity index (χ2n) is 10.4. The van der Waals surface area contributed by atoms with E-state index in [2.05, 4.69) is 43.8 Å². The number of methoxy groups -OCH3 is 1. The van der Waals surface area contributed by atoms with Gasteiger partial charge in [-0.1, -0.05) is 81.3 Å². The highest BCUT2D eigenvalue weighted by Crippen LogP contribution is 2.34. The summed E-state index contributed by atoms with van der Waals surface area (Å²) >= 11 is 13.2. The standard InChI is InChI=1S/C35H26BrClIN3O4S/c1-20-30(33(42)40-26-8-4-3-5-9-26)31(22-7-6-10-27(16-22)44-2)41-34(43)29(46-35(41)39-20)17-23-15-24(36)18-28(38)32(23)45-19-21-11-13-25(37)14-12-21/h3-18,31H,19H2,1-2H3,(H,40,42)/b29-17-/t31-/m0/s1. The van der Waals surface area contributed by atoms with Crippen LogP contribution in [0.3, 0.4) is 0 Å². The van der Waals surface area contributed by atoms with Gasteiger partial charge in [-0.2, -0.15) is 0 Å². The van der Waals surface area contributed by atoms with Gasteiger partial charge in [0, 0.05) is 20.7 Å². The number of hydrogen-bond acceptors (Lipinski definition) is 6. The van der Waals surface area contributed by atoms with Crippen LogP contribution in [0.25, 0.3) is 6.08 Å². The van der Waals surface area contributed by atoms with Gasteiger partial charge in [-0.25, -0.2) is 4.99 Å². The van der Waals surface area contributed by atoms with Gasteiger partial charge in [-0.3, -0.25) is 14.2 Å². The Morgan fingerprint density at radius 2 is 1.85 bits per heavy atom. The molecule has 0 saturated carbocycles. The van der Waals surface area contributed by atoms with Gasteiger partial charge in [0.2, 0.25) is 0 Å². The van der Waals surface area contributed by atoms with Crippen LogP contribution in [0.4, 0.5) is 5.69 Å². The third-order valence-electron chi connectivity index (χ3n) is 7.33. The van der Waals surface area contributed by atoms with Crippen molar-refractivity contribution in [1.82, 2.24) is 4.57 Å². The average Bonchev–Trinajstić information content (AvgIpc) is 3.34. The Morgan fingerprint density at radius 1 is 1.09 bits per heavy atom. The second kappa shape index (κ2) is 14.0. The predicted molar refractivity (Wildman–Crippen MR) is 194 cm³/mol. The van der Waals surface area contributed by atoms with Crippen LogP contribution in [-0.2, 0) is 11.4 Å². The van der Waals surface area contributed by atoms with Crippen LogP contribution in [0.5, 0.6) is 11.5 Å². The Morgan fingerprint density at radius 3 is 2.59 bits per heavy atom. The number of carbonyl (C=O) groups excluding carboxylic acids is 1. The molecule has 6 rings (SSSR count). The van der Waals surface area contributed by atoms with E-state index in [1.54, 1.807) is 18.6 Å². The number of aromatic nitrogens is 1. The number of halogens is 3. The monoisotopic (exact) mass is 825 g/mol. The molecule has 0 aliphatic carbocycles. The van der Waals surface area contributed by atoms with Gasteiger partial charge in [0.25, 0.3) is 11.5 Å². The van der Waals surface area contributed by atoms with Gasteiger partial charge in [0.15, 0.2) is 4.80 Å². The van der Waals surface area contributed by atoms with E-state index in [4.69, 9.17) is 26.1 Å². The van der Waals surface area contributed by atoms with Crippen molar-refractivity contribution >= 4 is 79.1 Å². The maximum Gasteiger partial charge on any atom is 0.271 e. The fourth-order valence-electron chi connectivity index (χ4n) is 5.18. The van der Waals surface area contributed by atoms with Gasteiger partial charge in [0.1, 0.15) is 18.1 Å². The summed E-state index contributed by atoms with van der Waals surface area (Å²) in [4.78, 5) is 33.4. The topological polar surface area (TPSA) is 81.9 Å². The van der Waals surface area contributed by atoms with Gasteiger partial charge in [-0.15, -0.1) is 0 Å². The molecule has 1 amide bonds. The number of carbonyl (C=O) groups is 1. The minimum absolute atomic E-state index is 0.271. The van der Waals surface area contributed by atoms with E-state index in [0.717, 1.165) is 24.7 Å². The molecule has 46 heavy (non-hydrogen) atoms. The second-order valence-corrected chi connectivity index (χ2v) is 13.9. The van der Waals surface area contributed by atoms with Crippen LogP contribution in [0, 0.1) is 3.57 Å². The van der Waals surface area contributed by atoms with Crippen LogP contribution >= 0.6 is 61.5 Å². The highest BCUT2D eigenvalue weighted by atomic mass is 127. The molecule has 0 fully saturated rings. The third-order valence-corrected chi connectivity index (χ3v) is 9.82. The lowest BCUT2D eigenvalue weighted by Gasteiger charge is -2.25.